The number of benzene rings is 1. The Morgan fingerprint density at radius 2 is 1.77 bits per heavy atom. The van der Waals surface area contributed by atoms with Gasteiger partial charge in [-0.1, -0.05) is 39.0 Å². The van der Waals surface area contributed by atoms with E-state index in [9.17, 15) is 0 Å². The Balaban J connectivity index is 2.87. The van der Waals surface area contributed by atoms with Crippen molar-refractivity contribution in [3.63, 3.8) is 0 Å². The van der Waals surface area contributed by atoms with Crippen LogP contribution in [0.1, 0.15) is 20.8 Å². The molecule has 0 bridgehead atoms. The molecule has 0 atom stereocenters. The van der Waals surface area contributed by atoms with Gasteiger partial charge in [0, 0.05) is 0 Å². The number of ether oxygens (including phenoxy) is 1. The first kappa shape index (κ1) is 10.3. The van der Waals surface area contributed by atoms with Crippen molar-refractivity contribution in [3.8, 4) is 5.75 Å². The Labute approximate surface area is 82.9 Å². The molecule has 0 aliphatic rings. The zero-order chi connectivity index (χ0) is 9.90. The van der Waals surface area contributed by atoms with Crippen LogP contribution in [-0.4, -0.2) is 16.6 Å². The van der Waals surface area contributed by atoms with Crippen LogP contribution in [-0.2, 0) is 0 Å². The maximum absolute atomic E-state index is 5.33. The highest BCUT2D eigenvalue weighted by atomic mass is 28.2. The van der Waals surface area contributed by atoms with E-state index in [1.807, 2.05) is 12.1 Å². The Morgan fingerprint density at radius 1 is 1.15 bits per heavy atom. The molecule has 0 radical (unpaired) electrons. The molecule has 1 rings (SSSR count). The van der Waals surface area contributed by atoms with Crippen LogP contribution in [0.25, 0.3) is 0 Å². The van der Waals surface area contributed by atoms with Crippen molar-refractivity contribution in [2.24, 2.45) is 0 Å². The second-order valence-corrected chi connectivity index (χ2v) is 7.79. The molecule has 0 saturated heterocycles. The molecule has 0 N–H and O–H groups in total. The fraction of sp³-hybridized carbons (Fsp3) is 0.455. The molecule has 0 unspecified atom stereocenters. The van der Waals surface area contributed by atoms with Crippen LogP contribution in [0, 0.1) is 0 Å². The smallest absolute Gasteiger partial charge is 0.117 e. The summed E-state index contributed by atoms with van der Waals surface area (Å²) in [5.74, 6) is 1.06. The van der Waals surface area contributed by atoms with E-state index in [1.165, 1.54) is 5.19 Å². The van der Waals surface area contributed by atoms with Crippen molar-refractivity contribution in [1.82, 2.24) is 0 Å². The average molecular weight is 194 g/mol. The summed E-state index contributed by atoms with van der Waals surface area (Å²) in [5.41, 5.74) is 0. The zero-order valence-electron chi connectivity index (χ0n) is 8.92. The lowest BCUT2D eigenvalue weighted by Gasteiger charge is -2.18. The summed E-state index contributed by atoms with van der Waals surface area (Å²) in [4.78, 5) is 0. The van der Waals surface area contributed by atoms with Gasteiger partial charge in [-0.05, 0) is 16.3 Å². The van der Waals surface area contributed by atoms with Gasteiger partial charge in [-0.3, -0.25) is 0 Å². The van der Waals surface area contributed by atoms with Gasteiger partial charge in [0.2, 0.25) is 0 Å². The number of para-hydroxylation sites is 1. The van der Waals surface area contributed by atoms with Gasteiger partial charge in [0.15, 0.2) is 0 Å². The normalized spacial score (nSPS) is 12.3. The summed E-state index contributed by atoms with van der Waals surface area (Å²) in [5, 5.41) is 1.88. The van der Waals surface area contributed by atoms with E-state index >= 15 is 0 Å². The Morgan fingerprint density at radius 3 is 2.31 bits per heavy atom. The fourth-order valence-corrected chi connectivity index (χ4v) is 3.25. The first-order valence-electron chi connectivity index (χ1n) is 4.65. The van der Waals surface area contributed by atoms with Crippen molar-refractivity contribution < 1.29 is 4.74 Å². The second-order valence-electron chi connectivity index (χ2n) is 4.55. The molecule has 1 aromatic carbocycles. The van der Waals surface area contributed by atoms with Crippen LogP contribution in [0.3, 0.4) is 0 Å². The molecule has 72 valence electrons. The molecule has 2 heteroatoms. The van der Waals surface area contributed by atoms with E-state index in [0.717, 1.165) is 5.75 Å². The van der Waals surface area contributed by atoms with Gasteiger partial charge in [-0.2, -0.15) is 0 Å². The number of hydrogen-bond donors (Lipinski definition) is 0. The average Bonchev–Trinajstić information content (AvgIpc) is 2.02. The van der Waals surface area contributed by atoms with Crippen LogP contribution in [0.5, 0.6) is 5.75 Å². The molecule has 1 aromatic rings. The van der Waals surface area contributed by atoms with Crippen molar-refractivity contribution in [2.75, 3.05) is 7.11 Å². The van der Waals surface area contributed by atoms with Crippen LogP contribution in [0.4, 0.5) is 0 Å². The Hall–Kier alpha value is -0.763. The second kappa shape index (κ2) is 3.96. The van der Waals surface area contributed by atoms with Gasteiger partial charge >= 0.3 is 0 Å². The van der Waals surface area contributed by atoms with E-state index < -0.39 is 0 Å². The van der Waals surface area contributed by atoms with E-state index in [-0.39, 0.29) is 9.52 Å². The first-order chi connectivity index (χ1) is 6.03. The third-order valence-electron chi connectivity index (χ3n) is 1.91. The molecule has 0 spiro atoms. The molecular weight excluding hydrogens is 176 g/mol. The molecule has 0 saturated carbocycles. The topological polar surface area (TPSA) is 9.23 Å². The number of methoxy groups -OCH3 is 1. The van der Waals surface area contributed by atoms with Crippen molar-refractivity contribution in [1.29, 1.82) is 0 Å². The maximum Gasteiger partial charge on any atom is 0.117 e. The standard InChI is InChI=1S/C11H18OSi/c1-11(2,3)13-10-8-6-5-7-9(10)12-4/h5-8H,13H2,1-4H3. The lowest BCUT2D eigenvalue weighted by Crippen LogP contribution is -2.24. The molecule has 0 fully saturated rings. The SMILES string of the molecule is COc1ccccc1[SiH2]C(C)(C)C. The fourth-order valence-electron chi connectivity index (χ4n) is 1.42. The van der Waals surface area contributed by atoms with Crippen LogP contribution >= 0.6 is 0 Å². The molecule has 0 heterocycles. The summed E-state index contributed by atoms with van der Waals surface area (Å²) in [6, 6.07) is 8.36. The number of hydrogen-bond acceptors (Lipinski definition) is 1. The van der Waals surface area contributed by atoms with Gasteiger partial charge < -0.3 is 4.74 Å². The predicted molar refractivity (Wildman–Crippen MR) is 60.9 cm³/mol. The van der Waals surface area contributed by atoms with Crippen LogP contribution < -0.4 is 9.92 Å². The van der Waals surface area contributed by atoms with E-state index in [0.29, 0.717) is 5.04 Å². The highest BCUT2D eigenvalue weighted by Gasteiger charge is 2.14. The van der Waals surface area contributed by atoms with Gasteiger partial charge in [0.05, 0.1) is 16.6 Å². The molecule has 1 nitrogen and oxygen atoms in total. The summed E-state index contributed by atoms with van der Waals surface area (Å²) >= 11 is 0. The van der Waals surface area contributed by atoms with E-state index in [2.05, 4.69) is 32.9 Å². The lowest BCUT2D eigenvalue weighted by atomic mass is 10.2. The summed E-state index contributed by atoms with van der Waals surface area (Å²) in [6.07, 6.45) is 0. The highest BCUT2D eigenvalue weighted by Crippen LogP contribution is 2.21. The monoisotopic (exact) mass is 194 g/mol. The molecule has 13 heavy (non-hydrogen) atoms. The molecule has 0 amide bonds. The zero-order valence-corrected chi connectivity index (χ0v) is 10.3. The summed E-state index contributed by atoms with van der Waals surface area (Å²) in [7, 11) is 1.51. The van der Waals surface area contributed by atoms with E-state index in [4.69, 9.17) is 4.74 Å². The van der Waals surface area contributed by atoms with Crippen LogP contribution in [0.15, 0.2) is 24.3 Å². The molecular formula is C11H18OSi. The third-order valence-corrected chi connectivity index (χ3v) is 3.94. The largest absolute Gasteiger partial charge is 0.497 e. The Kier molecular flexibility index (Phi) is 3.15. The predicted octanol–water partition coefficient (Wildman–Crippen LogP) is 1.71. The maximum atomic E-state index is 5.33. The van der Waals surface area contributed by atoms with Crippen LogP contribution in [0.2, 0.25) is 5.04 Å². The Bertz CT molecular complexity index is 276. The molecule has 0 aliphatic heterocycles. The minimum absolute atomic E-state index is 0.238. The highest BCUT2D eigenvalue weighted by molar-refractivity contribution is 6.57. The van der Waals surface area contributed by atoms with Crippen molar-refractivity contribution >= 4 is 14.7 Å². The molecule has 0 aliphatic carbocycles. The molecule has 0 aromatic heterocycles. The van der Waals surface area contributed by atoms with Gasteiger partial charge in [-0.15, -0.1) is 0 Å². The van der Waals surface area contributed by atoms with Crippen molar-refractivity contribution in [3.05, 3.63) is 24.3 Å². The van der Waals surface area contributed by atoms with E-state index in [1.54, 1.807) is 7.11 Å². The summed E-state index contributed by atoms with van der Waals surface area (Å²) in [6.45, 7) is 6.89. The first-order valence-corrected chi connectivity index (χ1v) is 6.06. The quantitative estimate of drug-likeness (QED) is 0.651. The minimum Gasteiger partial charge on any atom is -0.497 e. The van der Waals surface area contributed by atoms with Gasteiger partial charge in [-0.25, -0.2) is 0 Å². The third kappa shape index (κ3) is 3.23. The van der Waals surface area contributed by atoms with Crippen molar-refractivity contribution in [2.45, 2.75) is 25.8 Å². The lowest BCUT2D eigenvalue weighted by molar-refractivity contribution is 0.418. The van der Waals surface area contributed by atoms with Gasteiger partial charge in [0.1, 0.15) is 5.75 Å². The number of rotatable bonds is 2. The minimum atomic E-state index is -0.238. The summed E-state index contributed by atoms with van der Waals surface area (Å²) < 4.78 is 5.33. The van der Waals surface area contributed by atoms with Gasteiger partial charge in [0.25, 0.3) is 0 Å².